The van der Waals surface area contributed by atoms with Crippen LogP contribution >= 0.6 is 0 Å². The standard InChI is InChI=1S/C17H21NO5/c1-10(2)9-12(17(21)22-3)18-16(20)15-14(23-15)13(19)11-7-5-4-6-8-11/h4-8,10,12,14-15H,9H2,1-3H3,(H,18,20)/t12-,14+,15-/m0/s1. The van der Waals surface area contributed by atoms with Gasteiger partial charge >= 0.3 is 5.97 Å². The topological polar surface area (TPSA) is 85.0 Å². The summed E-state index contributed by atoms with van der Waals surface area (Å²) < 4.78 is 9.90. The number of nitrogens with one attached hydrogen (secondary N) is 1. The summed E-state index contributed by atoms with van der Waals surface area (Å²) in [7, 11) is 1.27. The van der Waals surface area contributed by atoms with Crippen LogP contribution in [0, 0.1) is 5.92 Å². The number of amides is 1. The van der Waals surface area contributed by atoms with Crippen molar-refractivity contribution >= 4 is 17.7 Å². The molecule has 1 fully saturated rings. The average molecular weight is 319 g/mol. The van der Waals surface area contributed by atoms with E-state index in [9.17, 15) is 14.4 Å². The first-order valence-corrected chi connectivity index (χ1v) is 7.57. The van der Waals surface area contributed by atoms with E-state index >= 15 is 0 Å². The number of hydrogen-bond donors (Lipinski definition) is 1. The summed E-state index contributed by atoms with van der Waals surface area (Å²) in [4.78, 5) is 36.1. The molecule has 1 heterocycles. The first-order valence-electron chi connectivity index (χ1n) is 7.57. The van der Waals surface area contributed by atoms with Crippen molar-refractivity contribution in [1.29, 1.82) is 0 Å². The minimum absolute atomic E-state index is 0.210. The summed E-state index contributed by atoms with van der Waals surface area (Å²) in [5, 5.41) is 2.61. The first kappa shape index (κ1) is 17.1. The summed E-state index contributed by atoms with van der Waals surface area (Å²) in [6.07, 6.45) is -1.17. The van der Waals surface area contributed by atoms with Crippen LogP contribution in [0.5, 0.6) is 0 Å². The molecular weight excluding hydrogens is 298 g/mol. The van der Waals surface area contributed by atoms with Crippen LogP contribution in [0.3, 0.4) is 0 Å². The second-order valence-corrected chi connectivity index (χ2v) is 5.92. The number of methoxy groups -OCH3 is 1. The minimum atomic E-state index is -0.845. The van der Waals surface area contributed by atoms with Crippen molar-refractivity contribution in [2.45, 2.75) is 38.5 Å². The van der Waals surface area contributed by atoms with Crippen molar-refractivity contribution < 1.29 is 23.9 Å². The smallest absolute Gasteiger partial charge is 0.328 e. The molecule has 1 aliphatic heterocycles. The summed E-state index contributed by atoms with van der Waals surface area (Å²) in [5.41, 5.74) is 0.500. The number of rotatable bonds is 7. The van der Waals surface area contributed by atoms with E-state index in [1.165, 1.54) is 7.11 Å². The van der Waals surface area contributed by atoms with Gasteiger partial charge in [-0.3, -0.25) is 9.59 Å². The molecule has 0 saturated carbocycles. The maximum atomic E-state index is 12.2. The summed E-state index contributed by atoms with van der Waals surface area (Å²) in [6.45, 7) is 3.88. The predicted molar refractivity (Wildman–Crippen MR) is 82.8 cm³/mol. The molecule has 1 aliphatic rings. The van der Waals surface area contributed by atoms with Gasteiger partial charge in [0, 0.05) is 5.56 Å². The molecule has 6 nitrogen and oxygen atoms in total. The van der Waals surface area contributed by atoms with Gasteiger partial charge in [0.25, 0.3) is 5.91 Å². The van der Waals surface area contributed by atoms with Crippen LogP contribution in [0.4, 0.5) is 0 Å². The Morgan fingerprint density at radius 3 is 2.39 bits per heavy atom. The van der Waals surface area contributed by atoms with Gasteiger partial charge in [-0.2, -0.15) is 0 Å². The summed E-state index contributed by atoms with van der Waals surface area (Å²) in [5.74, 6) is -0.987. The number of ketones is 1. The molecule has 0 aliphatic carbocycles. The van der Waals surface area contributed by atoms with Gasteiger partial charge in [-0.1, -0.05) is 44.2 Å². The zero-order valence-corrected chi connectivity index (χ0v) is 13.4. The molecule has 124 valence electrons. The third-order valence-electron chi connectivity index (χ3n) is 3.58. The van der Waals surface area contributed by atoms with Gasteiger partial charge in [0.15, 0.2) is 18.0 Å². The highest BCUT2D eigenvalue weighted by Gasteiger charge is 2.50. The first-order chi connectivity index (χ1) is 10.9. The number of benzene rings is 1. The fourth-order valence-corrected chi connectivity index (χ4v) is 2.36. The third kappa shape index (κ3) is 4.39. The van der Waals surface area contributed by atoms with Gasteiger partial charge in [-0.25, -0.2) is 4.79 Å². The van der Waals surface area contributed by atoms with E-state index in [0.717, 1.165) is 0 Å². The van der Waals surface area contributed by atoms with E-state index in [1.807, 2.05) is 19.9 Å². The van der Waals surface area contributed by atoms with Gasteiger partial charge in [-0.15, -0.1) is 0 Å². The van der Waals surface area contributed by atoms with E-state index in [2.05, 4.69) is 5.32 Å². The quantitative estimate of drug-likeness (QED) is 0.466. The Kier molecular flexibility index (Phi) is 5.50. The van der Waals surface area contributed by atoms with E-state index in [-0.39, 0.29) is 11.7 Å². The number of carbonyl (C=O) groups excluding carboxylic acids is 3. The molecular formula is C17H21NO5. The Morgan fingerprint density at radius 2 is 1.83 bits per heavy atom. The Bertz CT molecular complexity index is 584. The fourth-order valence-electron chi connectivity index (χ4n) is 2.36. The molecule has 1 aromatic rings. The fraction of sp³-hybridized carbons (Fsp3) is 0.471. The van der Waals surface area contributed by atoms with Crippen LogP contribution in [-0.2, 0) is 19.1 Å². The predicted octanol–water partition coefficient (Wildman–Crippen LogP) is 1.34. The molecule has 0 bridgehead atoms. The highest BCUT2D eigenvalue weighted by molar-refractivity contribution is 6.06. The molecule has 0 spiro atoms. The molecule has 1 N–H and O–H groups in total. The lowest BCUT2D eigenvalue weighted by Gasteiger charge is -2.17. The van der Waals surface area contributed by atoms with E-state index in [1.54, 1.807) is 24.3 Å². The average Bonchev–Trinajstić information content (AvgIpc) is 3.33. The number of Topliss-reactive ketones (excluding diaryl/α,β-unsaturated/α-hetero) is 1. The molecule has 0 aromatic heterocycles. The molecule has 1 aromatic carbocycles. The van der Waals surface area contributed by atoms with Crippen LogP contribution in [0.1, 0.15) is 30.6 Å². The monoisotopic (exact) mass is 319 g/mol. The lowest BCUT2D eigenvalue weighted by atomic mass is 10.0. The van der Waals surface area contributed by atoms with Gasteiger partial charge in [-0.05, 0) is 12.3 Å². The molecule has 1 saturated heterocycles. The van der Waals surface area contributed by atoms with E-state index in [0.29, 0.717) is 12.0 Å². The van der Waals surface area contributed by atoms with Crippen LogP contribution in [0.25, 0.3) is 0 Å². The van der Waals surface area contributed by atoms with Crippen molar-refractivity contribution in [2.24, 2.45) is 5.92 Å². The van der Waals surface area contributed by atoms with Crippen molar-refractivity contribution in [3.8, 4) is 0 Å². The summed E-state index contributed by atoms with van der Waals surface area (Å²) in [6, 6.07) is 7.93. The van der Waals surface area contributed by atoms with Crippen LogP contribution in [0.15, 0.2) is 30.3 Å². The van der Waals surface area contributed by atoms with Gasteiger partial charge < -0.3 is 14.8 Å². The largest absolute Gasteiger partial charge is 0.467 e. The Hall–Kier alpha value is -2.21. The Labute approximate surface area is 135 Å². The van der Waals surface area contributed by atoms with Crippen LogP contribution in [0.2, 0.25) is 0 Å². The number of ether oxygens (including phenoxy) is 2. The SMILES string of the molecule is COC(=O)[C@H](CC(C)C)NC(=O)[C@H]1O[C@@H]1C(=O)c1ccccc1. The molecule has 0 radical (unpaired) electrons. The second kappa shape index (κ2) is 7.37. The zero-order valence-electron chi connectivity index (χ0n) is 13.4. The number of carbonyl (C=O) groups is 3. The maximum Gasteiger partial charge on any atom is 0.328 e. The molecule has 1 amide bonds. The maximum absolute atomic E-state index is 12.2. The lowest BCUT2D eigenvalue weighted by Crippen LogP contribution is -2.44. The Balaban J connectivity index is 1.94. The molecule has 23 heavy (non-hydrogen) atoms. The van der Waals surface area contributed by atoms with Gasteiger partial charge in [0.05, 0.1) is 7.11 Å². The minimum Gasteiger partial charge on any atom is -0.467 e. The van der Waals surface area contributed by atoms with Crippen LogP contribution < -0.4 is 5.32 Å². The normalized spacial score (nSPS) is 20.7. The van der Waals surface area contributed by atoms with Crippen molar-refractivity contribution in [3.63, 3.8) is 0 Å². The molecule has 3 atom stereocenters. The highest BCUT2D eigenvalue weighted by atomic mass is 16.6. The molecule has 0 unspecified atom stereocenters. The van der Waals surface area contributed by atoms with Gasteiger partial charge in [0.1, 0.15) is 6.04 Å². The Morgan fingerprint density at radius 1 is 1.17 bits per heavy atom. The van der Waals surface area contributed by atoms with Crippen molar-refractivity contribution in [1.82, 2.24) is 5.32 Å². The number of hydrogen-bond acceptors (Lipinski definition) is 5. The molecule has 2 rings (SSSR count). The van der Waals surface area contributed by atoms with Crippen molar-refractivity contribution in [3.05, 3.63) is 35.9 Å². The van der Waals surface area contributed by atoms with Crippen molar-refractivity contribution in [2.75, 3.05) is 7.11 Å². The second-order valence-electron chi connectivity index (χ2n) is 5.92. The highest BCUT2D eigenvalue weighted by Crippen LogP contribution is 2.26. The third-order valence-corrected chi connectivity index (χ3v) is 3.58. The van der Waals surface area contributed by atoms with Gasteiger partial charge in [0.2, 0.25) is 0 Å². The lowest BCUT2D eigenvalue weighted by molar-refractivity contribution is -0.145. The zero-order chi connectivity index (χ0) is 17.0. The number of epoxide rings is 1. The molecule has 6 heteroatoms. The number of esters is 1. The summed E-state index contributed by atoms with van der Waals surface area (Å²) >= 11 is 0. The van der Waals surface area contributed by atoms with Crippen LogP contribution in [-0.4, -0.2) is 43.0 Å². The van der Waals surface area contributed by atoms with E-state index < -0.39 is 30.1 Å². The van der Waals surface area contributed by atoms with E-state index in [4.69, 9.17) is 9.47 Å².